The molecule has 0 saturated heterocycles. The van der Waals surface area contributed by atoms with Crippen molar-refractivity contribution in [2.45, 2.75) is 32.0 Å². The van der Waals surface area contributed by atoms with Crippen LogP contribution in [0.2, 0.25) is 0 Å². The second-order valence-corrected chi connectivity index (χ2v) is 8.93. The molecule has 2 atom stereocenters. The highest BCUT2D eigenvalue weighted by Gasteiger charge is 2.25. The van der Waals surface area contributed by atoms with Crippen molar-refractivity contribution >= 4 is 23.1 Å². The summed E-state index contributed by atoms with van der Waals surface area (Å²) in [6.07, 6.45) is -0.923. The van der Waals surface area contributed by atoms with Gasteiger partial charge in [-0.2, -0.15) is 4.98 Å². The van der Waals surface area contributed by atoms with Crippen molar-refractivity contribution < 1.29 is 19.7 Å². The third-order valence-corrected chi connectivity index (χ3v) is 6.09. The van der Waals surface area contributed by atoms with Gasteiger partial charge in [-0.25, -0.2) is 9.59 Å². The Kier molecular flexibility index (Phi) is 7.44. The van der Waals surface area contributed by atoms with Gasteiger partial charge in [0.25, 0.3) is 5.56 Å². The number of nitrogens with one attached hydrogen (secondary N) is 1. The number of imidazole rings is 1. The number of aliphatic hydroxyl groups excluding tert-OH is 1. The lowest BCUT2D eigenvalue weighted by Gasteiger charge is -2.19. The topological polar surface area (TPSA) is 141 Å². The van der Waals surface area contributed by atoms with Crippen LogP contribution in [0.4, 0.5) is 5.95 Å². The zero-order valence-corrected chi connectivity index (χ0v) is 20.8. The van der Waals surface area contributed by atoms with Crippen LogP contribution in [0, 0.1) is 6.92 Å². The van der Waals surface area contributed by atoms with E-state index in [0.717, 1.165) is 15.7 Å². The quantitative estimate of drug-likeness (QED) is 0.292. The van der Waals surface area contributed by atoms with Crippen LogP contribution in [-0.4, -0.2) is 53.6 Å². The summed E-state index contributed by atoms with van der Waals surface area (Å²) < 4.78 is 9.24. The fourth-order valence-corrected chi connectivity index (χ4v) is 4.03. The first-order chi connectivity index (χ1) is 17.7. The van der Waals surface area contributed by atoms with Gasteiger partial charge in [-0.1, -0.05) is 48.0 Å². The number of benzene rings is 2. The smallest absolute Gasteiger partial charge is 0.332 e. The fourth-order valence-electron chi connectivity index (χ4n) is 4.03. The van der Waals surface area contributed by atoms with E-state index in [-0.39, 0.29) is 36.7 Å². The number of anilines is 1. The van der Waals surface area contributed by atoms with E-state index in [1.54, 1.807) is 12.1 Å². The van der Waals surface area contributed by atoms with E-state index in [4.69, 9.17) is 4.74 Å². The molecule has 0 fully saturated rings. The lowest BCUT2D eigenvalue weighted by Crippen LogP contribution is -2.38. The zero-order chi connectivity index (χ0) is 26.7. The second kappa shape index (κ2) is 10.7. The highest BCUT2D eigenvalue weighted by atomic mass is 16.5. The van der Waals surface area contributed by atoms with Crippen LogP contribution in [-0.2, 0) is 31.9 Å². The third-order valence-electron chi connectivity index (χ3n) is 6.09. The SMILES string of the molecule is Cc1ccc(OC[C@@H](O)Cn2c(N[C@H](Cc3ccccc3)C(=O)O)nc3c2c(=O)n(C)c(=O)n3C)cc1. The Labute approximate surface area is 212 Å². The van der Waals surface area contributed by atoms with E-state index in [1.165, 1.54) is 23.2 Å². The third kappa shape index (κ3) is 5.56. The molecule has 11 heteroatoms. The maximum atomic E-state index is 13.1. The van der Waals surface area contributed by atoms with E-state index in [2.05, 4.69) is 10.3 Å². The Bertz CT molecular complexity index is 1520. The summed E-state index contributed by atoms with van der Waals surface area (Å²) in [6, 6.07) is 15.3. The van der Waals surface area contributed by atoms with Gasteiger partial charge in [0.1, 0.15) is 24.5 Å². The summed E-state index contributed by atoms with van der Waals surface area (Å²) in [5, 5.41) is 23.6. The number of carbonyl (C=O) groups is 1. The zero-order valence-electron chi connectivity index (χ0n) is 20.8. The van der Waals surface area contributed by atoms with Crippen LogP contribution in [0.5, 0.6) is 5.75 Å². The van der Waals surface area contributed by atoms with Gasteiger partial charge in [-0.3, -0.25) is 13.9 Å². The predicted molar refractivity (Wildman–Crippen MR) is 138 cm³/mol. The number of aryl methyl sites for hydroxylation is 2. The van der Waals surface area contributed by atoms with Gasteiger partial charge in [0.15, 0.2) is 11.2 Å². The van der Waals surface area contributed by atoms with Gasteiger partial charge in [0.2, 0.25) is 5.95 Å². The number of aliphatic hydroxyl groups is 1. The minimum atomic E-state index is -1.12. The molecule has 0 amide bonds. The standard InChI is InChI=1S/C26H29N5O6/c1-16-9-11-19(12-10-16)37-15-18(32)14-31-21-22(29(2)26(36)30(3)23(21)33)28-25(31)27-20(24(34)35)13-17-7-5-4-6-8-17/h4-12,18,20,32H,13-15H2,1-3H3,(H,27,28)(H,34,35)/t18-,20+/m0/s1. The first kappa shape index (κ1) is 25.7. The van der Waals surface area contributed by atoms with E-state index in [1.807, 2.05) is 49.4 Å². The van der Waals surface area contributed by atoms with E-state index >= 15 is 0 Å². The molecule has 0 aliphatic rings. The predicted octanol–water partition coefficient (Wildman–Crippen LogP) is 1.29. The number of hydrogen-bond acceptors (Lipinski definition) is 7. The second-order valence-electron chi connectivity index (χ2n) is 8.93. The van der Waals surface area contributed by atoms with Crippen LogP contribution < -0.4 is 21.3 Å². The van der Waals surface area contributed by atoms with Crippen molar-refractivity contribution in [3.8, 4) is 5.75 Å². The average molecular weight is 508 g/mol. The summed E-state index contributed by atoms with van der Waals surface area (Å²) in [5.74, 6) is -0.496. The number of hydrogen-bond donors (Lipinski definition) is 3. The van der Waals surface area contributed by atoms with Crippen molar-refractivity contribution in [2.24, 2.45) is 14.1 Å². The normalized spacial score (nSPS) is 12.9. The van der Waals surface area contributed by atoms with E-state index < -0.39 is 29.4 Å². The van der Waals surface area contributed by atoms with Crippen LogP contribution in [0.3, 0.4) is 0 Å². The lowest BCUT2D eigenvalue weighted by atomic mass is 10.1. The Morgan fingerprint density at radius 1 is 1.05 bits per heavy atom. The number of aliphatic carboxylic acids is 1. The number of ether oxygens (including phenoxy) is 1. The molecule has 0 saturated carbocycles. The van der Waals surface area contributed by atoms with Crippen LogP contribution in [0.1, 0.15) is 11.1 Å². The molecule has 2 heterocycles. The van der Waals surface area contributed by atoms with E-state index in [9.17, 15) is 24.6 Å². The lowest BCUT2D eigenvalue weighted by molar-refractivity contribution is -0.137. The highest BCUT2D eigenvalue weighted by Crippen LogP contribution is 2.19. The molecule has 11 nitrogen and oxygen atoms in total. The van der Waals surface area contributed by atoms with Gasteiger partial charge < -0.3 is 24.8 Å². The summed E-state index contributed by atoms with van der Waals surface area (Å²) in [6.45, 7) is 1.74. The molecular formula is C26H29N5O6. The van der Waals surface area contributed by atoms with Gasteiger partial charge in [-0.15, -0.1) is 0 Å². The maximum absolute atomic E-state index is 13.1. The van der Waals surface area contributed by atoms with Crippen molar-refractivity contribution in [1.82, 2.24) is 18.7 Å². The average Bonchev–Trinajstić information content (AvgIpc) is 3.23. The summed E-state index contributed by atoms with van der Waals surface area (Å²) >= 11 is 0. The minimum Gasteiger partial charge on any atom is -0.491 e. The molecular weight excluding hydrogens is 478 g/mol. The number of carboxylic acids is 1. The van der Waals surface area contributed by atoms with Crippen LogP contribution in [0.15, 0.2) is 64.2 Å². The van der Waals surface area contributed by atoms with Crippen molar-refractivity contribution in [3.63, 3.8) is 0 Å². The monoisotopic (exact) mass is 507 g/mol. The molecule has 37 heavy (non-hydrogen) atoms. The molecule has 194 valence electrons. The van der Waals surface area contributed by atoms with Crippen LogP contribution >= 0.6 is 0 Å². The van der Waals surface area contributed by atoms with Gasteiger partial charge >= 0.3 is 11.7 Å². The molecule has 0 unspecified atom stereocenters. The fraction of sp³-hybridized carbons (Fsp3) is 0.308. The highest BCUT2D eigenvalue weighted by molar-refractivity contribution is 5.79. The molecule has 4 aromatic rings. The largest absolute Gasteiger partial charge is 0.491 e. The molecule has 0 aliphatic carbocycles. The van der Waals surface area contributed by atoms with E-state index in [0.29, 0.717) is 5.75 Å². The van der Waals surface area contributed by atoms with Gasteiger partial charge in [-0.05, 0) is 24.6 Å². The Morgan fingerprint density at radius 3 is 2.38 bits per heavy atom. The Balaban J connectivity index is 1.69. The number of fused-ring (bicyclic) bond motifs is 1. The molecule has 0 radical (unpaired) electrons. The van der Waals surface area contributed by atoms with Crippen molar-refractivity contribution in [3.05, 3.63) is 86.6 Å². The molecule has 0 aliphatic heterocycles. The molecule has 2 aromatic heterocycles. The number of rotatable bonds is 10. The molecule has 3 N–H and O–H groups in total. The Hall–Kier alpha value is -4.38. The summed E-state index contributed by atoms with van der Waals surface area (Å²) in [5.41, 5.74) is 0.811. The first-order valence-electron chi connectivity index (χ1n) is 11.7. The summed E-state index contributed by atoms with van der Waals surface area (Å²) in [7, 11) is 2.82. The first-order valence-corrected chi connectivity index (χ1v) is 11.7. The molecule has 4 rings (SSSR count). The number of nitrogens with zero attached hydrogens (tertiary/aromatic N) is 4. The van der Waals surface area contributed by atoms with Crippen molar-refractivity contribution in [2.75, 3.05) is 11.9 Å². The number of carboxylic acid groups (broad SMARTS) is 1. The summed E-state index contributed by atoms with van der Waals surface area (Å²) in [4.78, 5) is 42.1. The number of aromatic nitrogens is 4. The van der Waals surface area contributed by atoms with Crippen molar-refractivity contribution in [1.29, 1.82) is 0 Å². The van der Waals surface area contributed by atoms with Gasteiger partial charge in [0, 0.05) is 20.5 Å². The molecule has 0 spiro atoms. The van der Waals surface area contributed by atoms with Gasteiger partial charge in [0.05, 0.1) is 6.54 Å². The molecule has 0 bridgehead atoms. The van der Waals surface area contributed by atoms with Crippen LogP contribution in [0.25, 0.3) is 11.2 Å². The Morgan fingerprint density at radius 2 is 1.73 bits per heavy atom. The molecule has 2 aromatic carbocycles. The minimum absolute atomic E-state index is 0.0472. The maximum Gasteiger partial charge on any atom is 0.332 e.